The van der Waals surface area contributed by atoms with Crippen LogP contribution in [0.4, 0.5) is 0 Å². The van der Waals surface area contributed by atoms with Gasteiger partial charge >= 0.3 is 0 Å². The molecule has 21 heavy (non-hydrogen) atoms. The van der Waals surface area contributed by atoms with Gasteiger partial charge < -0.3 is 0 Å². The molecule has 0 atom stereocenters. The number of rotatable bonds is 3. The van der Waals surface area contributed by atoms with Gasteiger partial charge in [-0.1, -0.05) is 29.8 Å². The number of aryl methyl sites for hydroxylation is 1. The van der Waals surface area contributed by atoms with Crippen LogP contribution in [0, 0.1) is 3.57 Å². The molecule has 0 saturated carbocycles. The number of nitrogens with zero attached hydrogens (tertiary/aromatic N) is 4. The monoisotopic (exact) mass is 414 g/mol. The molecule has 0 fully saturated rings. The lowest BCUT2D eigenvalue weighted by molar-refractivity contribution is 0.643. The van der Waals surface area contributed by atoms with Gasteiger partial charge in [0.2, 0.25) is 0 Å². The van der Waals surface area contributed by atoms with Gasteiger partial charge in [-0.2, -0.15) is 5.10 Å². The van der Waals surface area contributed by atoms with E-state index in [0.29, 0.717) is 10.1 Å². The van der Waals surface area contributed by atoms with Crippen LogP contribution in [0.25, 0.3) is 10.9 Å². The van der Waals surface area contributed by atoms with E-state index in [4.69, 9.17) is 11.6 Å². The number of aromatic nitrogens is 4. The Labute approximate surface area is 139 Å². The zero-order valence-electron chi connectivity index (χ0n) is 11.3. The van der Waals surface area contributed by atoms with Crippen molar-refractivity contribution in [3.8, 4) is 0 Å². The lowest BCUT2D eigenvalue weighted by atomic mass is 10.2. The highest BCUT2D eigenvalue weighted by atomic mass is 127. The van der Waals surface area contributed by atoms with E-state index in [9.17, 15) is 4.79 Å². The van der Waals surface area contributed by atoms with E-state index in [-0.39, 0.29) is 10.7 Å². The van der Waals surface area contributed by atoms with Crippen molar-refractivity contribution in [1.29, 1.82) is 0 Å². The summed E-state index contributed by atoms with van der Waals surface area (Å²) in [6.45, 7) is 3.21. The van der Waals surface area contributed by atoms with Gasteiger partial charge in [0.1, 0.15) is 8.72 Å². The smallest absolute Gasteiger partial charge is 0.268 e. The number of halogens is 2. The third-order valence-electron chi connectivity index (χ3n) is 3.29. The Morgan fingerprint density at radius 3 is 2.86 bits per heavy atom. The van der Waals surface area contributed by atoms with Crippen LogP contribution in [0.3, 0.4) is 0 Å². The van der Waals surface area contributed by atoms with Gasteiger partial charge in [-0.15, -0.1) is 0 Å². The molecule has 0 unspecified atom stereocenters. The topological polar surface area (TPSA) is 52.7 Å². The van der Waals surface area contributed by atoms with Crippen LogP contribution in [0.15, 0.2) is 35.4 Å². The zero-order valence-corrected chi connectivity index (χ0v) is 14.2. The van der Waals surface area contributed by atoms with Crippen molar-refractivity contribution < 1.29 is 0 Å². The molecule has 108 valence electrons. The van der Waals surface area contributed by atoms with Crippen LogP contribution in [0.1, 0.15) is 12.6 Å². The minimum Gasteiger partial charge on any atom is -0.292 e. The molecule has 0 aliphatic rings. The average Bonchev–Trinajstić information content (AvgIpc) is 2.86. The summed E-state index contributed by atoms with van der Waals surface area (Å²) >= 11 is 7.77. The van der Waals surface area contributed by atoms with Crippen LogP contribution in [0.5, 0.6) is 0 Å². The molecule has 1 aromatic carbocycles. The quantitative estimate of drug-likeness (QED) is 0.489. The Morgan fingerprint density at radius 1 is 1.33 bits per heavy atom. The van der Waals surface area contributed by atoms with Gasteiger partial charge in [0.05, 0.1) is 24.1 Å². The molecule has 0 spiro atoms. The molecule has 0 bridgehead atoms. The van der Waals surface area contributed by atoms with Crippen LogP contribution in [-0.4, -0.2) is 19.3 Å². The minimum absolute atomic E-state index is 0.147. The summed E-state index contributed by atoms with van der Waals surface area (Å²) in [4.78, 5) is 16.2. The van der Waals surface area contributed by atoms with E-state index in [1.54, 1.807) is 0 Å². The summed E-state index contributed by atoms with van der Waals surface area (Å²) in [5.74, 6) is 0. The van der Waals surface area contributed by atoms with Crippen molar-refractivity contribution in [2.75, 3.05) is 0 Å². The Morgan fingerprint density at radius 2 is 2.10 bits per heavy atom. The normalized spacial score (nSPS) is 11.2. The minimum atomic E-state index is -0.147. The Balaban J connectivity index is 2.11. The first-order chi connectivity index (χ1) is 10.1. The number of fused-ring (bicyclic) bond motifs is 1. The van der Waals surface area contributed by atoms with Crippen molar-refractivity contribution in [1.82, 2.24) is 19.3 Å². The van der Waals surface area contributed by atoms with E-state index in [0.717, 1.165) is 23.1 Å². The maximum Gasteiger partial charge on any atom is 0.268 e. The molecule has 0 aliphatic heterocycles. The summed E-state index contributed by atoms with van der Waals surface area (Å²) in [5, 5.41) is 5.88. The second-order valence-corrected chi connectivity index (χ2v) is 6.00. The molecule has 0 aliphatic carbocycles. The molecule has 0 amide bonds. The fraction of sp³-hybridized carbons (Fsp3) is 0.214. The largest absolute Gasteiger partial charge is 0.292 e. The fourth-order valence-electron chi connectivity index (χ4n) is 2.27. The van der Waals surface area contributed by atoms with E-state index >= 15 is 0 Å². The van der Waals surface area contributed by atoms with Crippen LogP contribution < -0.4 is 5.56 Å². The highest BCUT2D eigenvalue weighted by Gasteiger charge is 2.12. The first-order valence-corrected chi connectivity index (χ1v) is 7.92. The highest BCUT2D eigenvalue weighted by molar-refractivity contribution is 14.1. The van der Waals surface area contributed by atoms with Gasteiger partial charge in [-0.25, -0.2) is 4.98 Å². The second-order valence-electron chi connectivity index (χ2n) is 4.56. The lowest BCUT2D eigenvalue weighted by Gasteiger charge is -2.04. The number of para-hydroxylation sites is 1. The van der Waals surface area contributed by atoms with Crippen molar-refractivity contribution in [2.24, 2.45) is 0 Å². The number of hydrogen-bond acceptors (Lipinski definition) is 3. The third kappa shape index (κ3) is 2.57. The first-order valence-electron chi connectivity index (χ1n) is 6.46. The maximum absolute atomic E-state index is 12.2. The fourth-order valence-corrected chi connectivity index (χ4v) is 2.85. The average molecular weight is 415 g/mol. The van der Waals surface area contributed by atoms with Crippen LogP contribution >= 0.6 is 34.2 Å². The van der Waals surface area contributed by atoms with Crippen molar-refractivity contribution in [2.45, 2.75) is 20.0 Å². The molecule has 2 aromatic heterocycles. The molecule has 3 rings (SSSR count). The summed E-state index contributed by atoms with van der Waals surface area (Å²) in [6.07, 6.45) is 1.46. The Bertz CT molecular complexity index is 871. The van der Waals surface area contributed by atoms with E-state index < -0.39 is 0 Å². The van der Waals surface area contributed by atoms with Gasteiger partial charge in [0.15, 0.2) is 0 Å². The Kier molecular flexibility index (Phi) is 3.99. The Hall–Kier alpha value is -1.41. The standard InChI is InChI=1S/C14H12ClIN4O/c1-2-20-11-6-4-3-5-9(11)10(18-20)7-19-8-17-13(15)12(16)14(19)21/h3-6,8H,2,7H2,1H3. The summed E-state index contributed by atoms with van der Waals surface area (Å²) in [7, 11) is 0. The summed E-state index contributed by atoms with van der Waals surface area (Å²) in [5.41, 5.74) is 1.78. The van der Waals surface area contributed by atoms with Crippen LogP contribution in [-0.2, 0) is 13.1 Å². The second kappa shape index (κ2) is 5.76. The van der Waals surface area contributed by atoms with E-state index in [1.807, 2.05) is 58.5 Å². The van der Waals surface area contributed by atoms with E-state index in [1.165, 1.54) is 10.9 Å². The molecule has 3 aromatic rings. The van der Waals surface area contributed by atoms with E-state index in [2.05, 4.69) is 10.1 Å². The molecule has 5 nitrogen and oxygen atoms in total. The molecule has 0 radical (unpaired) electrons. The van der Waals surface area contributed by atoms with Crippen molar-refractivity contribution >= 4 is 45.1 Å². The number of benzene rings is 1. The lowest BCUT2D eigenvalue weighted by Crippen LogP contribution is -2.24. The van der Waals surface area contributed by atoms with Crippen LogP contribution in [0.2, 0.25) is 5.15 Å². The molecular formula is C14H12ClIN4O. The molecule has 0 N–H and O–H groups in total. The van der Waals surface area contributed by atoms with Gasteiger partial charge in [-0.3, -0.25) is 14.0 Å². The SMILES string of the molecule is CCn1nc(Cn2cnc(Cl)c(I)c2=O)c2ccccc21. The van der Waals surface area contributed by atoms with Gasteiger partial charge in [0, 0.05) is 11.9 Å². The summed E-state index contributed by atoms with van der Waals surface area (Å²) < 4.78 is 3.89. The van der Waals surface area contributed by atoms with Gasteiger partial charge in [0.25, 0.3) is 5.56 Å². The molecular weight excluding hydrogens is 403 g/mol. The maximum atomic E-state index is 12.2. The van der Waals surface area contributed by atoms with Crippen molar-refractivity contribution in [3.63, 3.8) is 0 Å². The first kappa shape index (κ1) is 14.5. The number of hydrogen-bond donors (Lipinski definition) is 0. The predicted molar refractivity (Wildman–Crippen MR) is 90.7 cm³/mol. The highest BCUT2D eigenvalue weighted by Crippen LogP contribution is 2.19. The summed E-state index contributed by atoms with van der Waals surface area (Å²) in [6, 6.07) is 8.00. The molecule has 2 heterocycles. The predicted octanol–water partition coefficient (Wildman–Crippen LogP) is 2.92. The van der Waals surface area contributed by atoms with Gasteiger partial charge in [-0.05, 0) is 35.6 Å². The third-order valence-corrected chi connectivity index (χ3v) is 4.87. The van der Waals surface area contributed by atoms with Crippen molar-refractivity contribution in [3.05, 3.63) is 55.4 Å². The molecule has 0 saturated heterocycles. The zero-order chi connectivity index (χ0) is 15.0. The molecule has 7 heteroatoms.